The molecule has 0 saturated carbocycles. The molecular formula is C38H40N4+2. The van der Waals surface area contributed by atoms with Gasteiger partial charge in [-0.1, -0.05) is 93.4 Å². The molecule has 4 nitrogen and oxygen atoms in total. The molecule has 2 heterocycles. The first-order valence-electron chi connectivity index (χ1n) is 15.6. The van der Waals surface area contributed by atoms with E-state index in [1.165, 1.54) is 81.1 Å². The van der Waals surface area contributed by atoms with Gasteiger partial charge in [0.1, 0.15) is 35.8 Å². The Labute approximate surface area is 249 Å². The zero-order valence-electron chi connectivity index (χ0n) is 24.8. The van der Waals surface area contributed by atoms with E-state index in [0.717, 1.165) is 26.2 Å². The van der Waals surface area contributed by atoms with Crippen LogP contribution in [0.1, 0.15) is 50.7 Å². The largest absolute Gasteiger partial charge is 0.244 e. The Balaban J connectivity index is 1.21. The van der Waals surface area contributed by atoms with Crippen LogP contribution in [-0.4, -0.2) is 34.9 Å². The normalized spacial score (nSPS) is 14.0. The molecule has 0 radical (unpaired) electrons. The van der Waals surface area contributed by atoms with E-state index in [-0.39, 0.29) is 0 Å². The summed E-state index contributed by atoms with van der Waals surface area (Å²) >= 11 is 0. The van der Waals surface area contributed by atoms with Crippen molar-refractivity contribution in [2.75, 3.05) is 22.9 Å². The fourth-order valence-electron chi connectivity index (χ4n) is 6.63. The minimum absolute atomic E-state index is 0.842. The minimum atomic E-state index is 0.842. The highest BCUT2D eigenvalue weighted by molar-refractivity contribution is 6.07. The van der Waals surface area contributed by atoms with Gasteiger partial charge in [0.2, 0.25) is 12.7 Å². The van der Waals surface area contributed by atoms with Crippen LogP contribution in [0.5, 0.6) is 0 Å². The molecule has 0 aliphatic carbocycles. The fourth-order valence-corrected chi connectivity index (χ4v) is 6.63. The van der Waals surface area contributed by atoms with Crippen molar-refractivity contribution in [1.29, 1.82) is 0 Å². The van der Waals surface area contributed by atoms with Crippen LogP contribution < -0.4 is 9.80 Å². The first-order valence-corrected chi connectivity index (χ1v) is 15.6. The Bertz CT molecular complexity index is 1690. The number of rotatable bonds is 10. The predicted octanol–water partition coefficient (Wildman–Crippen LogP) is 8.98. The topological polar surface area (TPSA) is 12.5 Å². The summed E-state index contributed by atoms with van der Waals surface area (Å²) in [7, 11) is 0. The summed E-state index contributed by atoms with van der Waals surface area (Å²) in [6.07, 6.45) is 9.39. The highest BCUT2D eigenvalue weighted by atomic mass is 15.2. The predicted molar refractivity (Wildman–Crippen MR) is 178 cm³/mol. The molecule has 5 aromatic rings. The van der Waals surface area contributed by atoms with Crippen LogP contribution in [0.3, 0.4) is 0 Å². The third kappa shape index (κ3) is 4.85. The molecule has 0 N–H and O–H groups in total. The Morgan fingerprint density at radius 3 is 1.40 bits per heavy atom. The second kappa shape index (κ2) is 11.4. The van der Waals surface area contributed by atoms with Gasteiger partial charge in [-0.25, -0.2) is 19.0 Å². The summed E-state index contributed by atoms with van der Waals surface area (Å²) in [5.74, 6) is 0. The van der Waals surface area contributed by atoms with Crippen molar-refractivity contribution in [3.63, 3.8) is 0 Å². The zero-order chi connectivity index (χ0) is 28.5. The van der Waals surface area contributed by atoms with E-state index < -0.39 is 0 Å². The maximum atomic E-state index is 2.45. The van der Waals surface area contributed by atoms with E-state index in [1.807, 2.05) is 0 Å². The van der Waals surface area contributed by atoms with Crippen molar-refractivity contribution in [2.24, 2.45) is 0 Å². The van der Waals surface area contributed by atoms with Gasteiger partial charge >= 0.3 is 0 Å². The Morgan fingerprint density at radius 2 is 0.952 bits per heavy atom. The lowest BCUT2D eigenvalue weighted by Gasteiger charge is -2.24. The summed E-state index contributed by atoms with van der Waals surface area (Å²) in [6.45, 7) is 8.29. The zero-order valence-corrected chi connectivity index (χ0v) is 24.8. The van der Waals surface area contributed by atoms with Crippen molar-refractivity contribution in [2.45, 2.75) is 52.6 Å². The van der Waals surface area contributed by atoms with Crippen molar-refractivity contribution in [3.05, 3.63) is 108 Å². The first-order chi connectivity index (χ1) is 20.7. The molecule has 42 heavy (non-hydrogen) atoms. The average molecular weight is 553 g/mol. The number of unbranched alkanes of at least 4 members (excludes halogenated alkanes) is 2. The minimum Gasteiger partial charge on any atom is -0.233 e. The highest BCUT2D eigenvalue weighted by Gasteiger charge is 2.27. The van der Waals surface area contributed by atoms with Crippen LogP contribution in [0.2, 0.25) is 0 Å². The molecule has 2 aliphatic heterocycles. The van der Waals surface area contributed by atoms with E-state index >= 15 is 0 Å². The van der Waals surface area contributed by atoms with Crippen LogP contribution in [0.4, 0.5) is 22.7 Å². The highest BCUT2D eigenvalue weighted by Crippen LogP contribution is 2.39. The second-order valence-corrected chi connectivity index (χ2v) is 11.7. The van der Waals surface area contributed by atoms with E-state index in [1.54, 1.807) is 0 Å². The first kappa shape index (κ1) is 26.5. The van der Waals surface area contributed by atoms with Crippen molar-refractivity contribution in [1.82, 2.24) is 0 Å². The van der Waals surface area contributed by atoms with Gasteiger partial charge in [0.05, 0.1) is 23.9 Å². The van der Waals surface area contributed by atoms with E-state index in [0.29, 0.717) is 0 Å². The molecule has 7 rings (SSSR count). The van der Waals surface area contributed by atoms with Gasteiger partial charge in [-0.05, 0) is 65.1 Å². The maximum Gasteiger partial charge on any atom is 0.244 e. The molecule has 0 amide bonds. The van der Waals surface area contributed by atoms with Gasteiger partial charge in [0.25, 0.3) is 0 Å². The molecule has 2 aliphatic rings. The SMILES string of the molecule is CCCCN1C=[N+](Cc2cccc(C[N+]3=CN(CCCC)c4cccc5cccc3c45)c2)c2cccc3cccc1c23. The van der Waals surface area contributed by atoms with Gasteiger partial charge in [-0.3, -0.25) is 0 Å². The van der Waals surface area contributed by atoms with Gasteiger partial charge in [0, 0.05) is 0 Å². The Hall–Kier alpha value is -4.44. The number of hydrogen-bond donors (Lipinski definition) is 0. The summed E-state index contributed by atoms with van der Waals surface area (Å²) in [4.78, 5) is 4.91. The quantitative estimate of drug-likeness (QED) is 0.160. The lowest BCUT2D eigenvalue weighted by molar-refractivity contribution is -0.454. The van der Waals surface area contributed by atoms with Gasteiger partial charge in [0.15, 0.2) is 0 Å². The molecule has 0 fully saturated rings. The fraction of sp³-hybridized carbons (Fsp3) is 0.263. The molecule has 0 atom stereocenters. The van der Waals surface area contributed by atoms with E-state index in [9.17, 15) is 0 Å². The number of hydrogen-bond acceptors (Lipinski definition) is 2. The van der Waals surface area contributed by atoms with Gasteiger partial charge < -0.3 is 0 Å². The summed E-state index contributed by atoms with van der Waals surface area (Å²) in [5.41, 5.74) is 7.89. The van der Waals surface area contributed by atoms with Crippen molar-refractivity contribution < 1.29 is 9.15 Å². The van der Waals surface area contributed by atoms with Crippen LogP contribution in [0.15, 0.2) is 97.1 Å². The van der Waals surface area contributed by atoms with Crippen LogP contribution in [0, 0.1) is 0 Å². The van der Waals surface area contributed by atoms with Gasteiger partial charge in [-0.2, -0.15) is 0 Å². The van der Waals surface area contributed by atoms with Crippen LogP contribution in [0.25, 0.3) is 21.5 Å². The standard InChI is InChI=1S/C38H40N4/c1-3-5-22-39-27-41(35-20-10-16-31-14-8-18-33(39)37(31)35)25-29-12-7-13-30(24-29)26-42-28-40(23-6-4-2)34-19-9-15-32-17-11-21-36(42)38(32)34/h7-21,24,27-28H,3-6,22-23,25-26H2,1-2H3/q+2. The van der Waals surface area contributed by atoms with E-state index in [4.69, 9.17) is 0 Å². The average Bonchev–Trinajstić information content (AvgIpc) is 3.02. The molecule has 0 unspecified atom stereocenters. The Morgan fingerprint density at radius 1 is 0.524 bits per heavy atom. The molecule has 210 valence electrons. The maximum absolute atomic E-state index is 2.45. The third-order valence-corrected chi connectivity index (χ3v) is 8.72. The number of nitrogens with zero attached hydrogens (tertiary/aromatic N) is 4. The molecule has 0 aromatic heterocycles. The van der Waals surface area contributed by atoms with Crippen LogP contribution >= 0.6 is 0 Å². The third-order valence-electron chi connectivity index (χ3n) is 8.72. The van der Waals surface area contributed by atoms with Gasteiger partial charge in [-0.15, -0.1) is 0 Å². The smallest absolute Gasteiger partial charge is 0.233 e. The second-order valence-electron chi connectivity index (χ2n) is 11.7. The lowest BCUT2D eigenvalue weighted by atomic mass is 10.0. The lowest BCUT2D eigenvalue weighted by Crippen LogP contribution is -2.31. The monoisotopic (exact) mass is 552 g/mol. The summed E-state index contributed by atoms with van der Waals surface area (Å²) < 4.78 is 4.89. The molecule has 0 spiro atoms. The van der Waals surface area contributed by atoms with Crippen molar-refractivity contribution >= 4 is 57.0 Å². The molecule has 0 bridgehead atoms. The summed E-state index contributed by atoms with van der Waals surface area (Å²) in [6, 6.07) is 36.0. The Kier molecular flexibility index (Phi) is 7.21. The number of benzene rings is 5. The molecule has 0 saturated heterocycles. The van der Waals surface area contributed by atoms with Crippen LogP contribution in [-0.2, 0) is 13.1 Å². The van der Waals surface area contributed by atoms with Crippen molar-refractivity contribution in [3.8, 4) is 0 Å². The number of anilines is 2. The molecule has 5 aromatic carbocycles. The summed E-state index contributed by atoms with van der Waals surface area (Å²) in [5, 5.41) is 5.33. The van der Waals surface area contributed by atoms with E-state index in [2.05, 4.69) is 143 Å². The molecule has 4 heteroatoms. The molecular weight excluding hydrogens is 512 g/mol.